The molecule has 1 aliphatic rings. The van der Waals surface area contributed by atoms with E-state index >= 15 is 0 Å². The topological polar surface area (TPSA) is 50.2 Å². The van der Waals surface area contributed by atoms with Crippen LogP contribution in [0, 0.1) is 5.41 Å². The molecular formula is C16H25NO2S. The Kier molecular flexibility index (Phi) is 3.98. The maximum atomic E-state index is 11.4. The number of carboxylic acids is 1. The molecule has 1 fully saturated rings. The second kappa shape index (κ2) is 5.14. The summed E-state index contributed by atoms with van der Waals surface area (Å²) in [5.74, 6) is -0.392. The molecule has 0 atom stereocenters. The Bertz CT molecular complexity index is 501. The van der Waals surface area contributed by atoms with E-state index < -0.39 is 5.97 Å². The molecule has 0 unspecified atom stereocenters. The molecule has 1 saturated carbocycles. The van der Waals surface area contributed by atoms with Crippen molar-refractivity contribution in [1.29, 1.82) is 0 Å². The van der Waals surface area contributed by atoms with Gasteiger partial charge in [0.25, 0.3) is 0 Å². The minimum absolute atomic E-state index is 0.212. The highest BCUT2D eigenvalue weighted by atomic mass is 32.1. The van der Waals surface area contributed by atoms with Crippen LogP contribution >= 0.6 is 11.3 Å². The van der Waals surface area contributed by atoms with Crippen molar-refractivity contribution in [3.05, 3.63) is 15.6 Å². The van der Waals surface area contributed by atoms with Crippen molar-refractivity contribution in [2.45, 2.75) is 71.6 Å². The standard InChI is InChI=1S/C16H25NO2S/c1-15(2,3)12-11(14(18)19)20-13(17-12)10-6-8-16(4,5)9-7-10/h10H,6-9H2,1-5H3,(H,18,19). The van der Waals surface area contributed by atoms with E-state index in [1.54, 1.807) is 0 Å². The molecule has 0 radical (unpaired) electrons. The molecule has 0 bridgehead atoms. The minimum atomic E-state index is -0.838. The number of thiazole rings is 1. The molecule has 0 spiro atoms. The number of carbonyl (C=O) groups is 1. The summed E-state index contributed by atoms with van der Waals surface area (Å²) in [6, 6.07) is 0. The summed E-state index contributed by atoms with van der Waals surface area (Å²) >= 11 is 1.39. The number of carboxylic acid groups (broad SMARTS) is 1. The molecule has 0 amide bonds. The third kappa shape index (κ3) is 3.22. The summed E-state index contributed by atoms with van der Waals surface area (Å²) in [6.07, 6.45) is 4.65. The summed E-state index contributed by atoms with van der Waals surface area (Å²) < 4.78 is 0. The lowest BCUT2D eigenvalue weighted by atomic mass is 9.73. The van der Waals surface area contributed by atoms with Crippen LogP contribution in [0.15, 0.2) is 0 Å². The fourth-order valence-electron chi connectivity index (χ4n) is 2.81. The van der Waals surface area contributed by atoms with Crippen LogP contribution in [0.2, 0.25) is 0 Å². The minimum Gasteiger partial charge on any atom is -0.477 e. The van der Waals surface area contributed by atoms with E-state index in [2.05, 4.69) is 13.8 Å². The Morgan fingerprint density at radius 2 is 1.85 bits per heavy atom. The Labute approximate surface area is 125 Å². The summed E-state index contributed by atoms with van der Waals surface area (Å²) in [5, 5.41) is 10.4. The van der Waals surface area contributed by atoms with Gasteiger partial charge in [0.2, 0.25) is 0 Å². The third-order valence-electron chi connectivity index (χ3n) is 4.24. The lowest BCUT2D eigenvalue weighted by molar-refractivity contribution is 0.0699. The van der Waals surface area contributed by atoms with Gasteiger partial charge in [0.1, 0.15) is 4.88 Å². The highest BCUT2D eigenvalue weighted by Gasteiger charge is 2.33. The van der Waals surface area contributed by atoms with Crippen LogP contribution in [0.5, 0.6) is 0 Å². The second-order valence-corrected chi connectivity index (χ2v) is 8.75. The summed E-state index contributed by atoms with van der Waals surface area (Å²) in [4.78, 5) is 16.6. The largest absolute Gasteiger partial charge is 0.477 e. The van der Waals surface area contributed by atoms with Gasteiger partial charge in [-0.15, -0.1) is 11.3 Å². The first-order chi connectivity index (χ1) is 9.10. The molecule has 0 aromatic carbocycles. The molecule has 112 valence electrons. The molecule has 4 heteroatoms. The number of hydrogen-bond acceptors (Lipinski definition) is 3. The lowest BCUT2D eigenvalue weighted by Crippen LogP contribution is -2.20. The van der Waals surface area contributed by atoms with E-state index in [-0.39, 0.29) is 5.41 Å². The predicted octanol–water partition coefficient (Wildman–Crippen LogP) is 4.82. The van der Waals surface area contributed by atoms with Crippen molar-refractivity contribution in [2.75, 3.05) is 0 Å². The molecule has 1 heterocycles. The van der Waals surface area contributed by atoms with E-state index in [9.17, 15) is 9.90 Å². The smallest absolute Gasteiger partial charge is 0.347 e. The van der Waals surface area contributed by atoms with Crippen molar-refractivity contribution in [2.24, 2.45) is 5.41 Å². The summed E-state index contributed by atoms with van der Waals surface area (Å²) in [7, 11) is 0. The molecule has 3 nitrogen and oxygen atoms in total. The van der Waals surface area contributed by atoms with Gasteiger partial charge in [-0.2, -0.15) is 0 Å². The van der Waals surface area contributed by atoms with Gasteiger partial charge >= 0.3 is 5.97 Å². The van der Waals surface area contributed by atoms with Crippen molar-refractivity contribution in [3.8, 4) is 0 Å². The van der Waals surface area contributed by atoms with E-state index in [1.807, 2.05) is 20.8 Å². The normalized spacial score (nSPS) is 20.1. The SMILES string of the molecule is CC1(C)CCC(c2nc(C(C)(C)C)c(C(=O)O)s2)CC1. The Balaban J connectivity index is 2.28. The van der Waals surface area contributed by atoms with E-state index in [0.717, 1.165) is 23.5 Å². The van der Waals surface area contributed by atoms with Gasteiger partial charge in [-0.1, -0.05) is 34.6 Å². The zero-order valence-corrected chi connectivity index (χ0v) is 13.9. The van der Waals surface area contributed by atoms with E-state index in [0.29, 0.717) is 16.2 Å². The van der Waals surface area contributed by atoms with Crippen molar-refractivity contribution in [1.82, 2.24) is 4.98 Å². The fraction of sp³-hybridized carbons (Fsp3) is 0.750. The van der Waals surface area contributed by atoms with Gasteiger partial charge < -0.3 is 5.11 Å². The van der Waals surface area contributed by atoms with Crippen LogP contribution in [-0.4, -0.2) is 16.1 Å². The van der Waals surface area contributed by atoms with Gasteiger partial charge in [0.05, 0.1) is 10.7 Å². The average Bonchev–Trinajstić information content (AvgIpc) is 2.73. The molecule has 0 aliphatic heterocycles. The number of aromatic nitrogens is 1. The number of aromatic carboxylic acids is 1. The monoisotopic (exact) mass is 295 g/mol. The maximum absolute atomic E-state index is 11.4. The van der Waals surface area contributed by atoms with Crippen LogP contribution < -0.4 is 0 Å². The van der Waals surface area contributed by atoms with Crippen LogP contribution in [-0.2, 0) is 5.41 Å². The van der Waals surface area contributed by atoms with Crippen molar-refractivity contribution >= 4 is 17.3 Å². The van der Waals surface area contributed by atoms with E-state index in [1.165, 1.54) is 24.2 Å². The van der Waals surface area contributed by atoms with Gasteiger partial charge in [-0.25, -0.2) is 9.78 Å². The molecule has 1 N–H and O–H groups in total. The molecule has 1 aliphatic carbocycles. The molecule has 1 aromatic rings. The Hall–Kier alpha value is -0.900. The molecule has 2 rings (SSSR count). The first kappa shape index (κ1) is 15.5. The lowest BCUT2D eigenvalue weighted by Gasteiger charge is -2.33. The Morgan fingerprint density at radius 1 is 1.30 bits per heavy atom. The van der Waals surface area contributed by atoms with Crippen molar-refractivity contribution < 1.29 is 9.90 Å². The highest BCUT2D eigenvalue weighted by Crippen LogP contribution is 2.44. The fourth-order valence-corrected chi connectivity index (χ4v) is 4.10. The molecule has 0 saturated heterocycles. The summed E-state index contributed by atoms with van der Waals surface area (Å²) in [5.41, 5.74) is 0.960. The zero-order chi connectivity index (χ0) is 15.1. The van der Waals surface area contributed by atoms with Gasteiger partial charge in [-0.05, 0) is 31.1 Å². The highest BCUT2D eigenvalue weighted by molar-refractivity contribution is 7.13. The quantitative estimate of drug-likeness (QED) is 0.850. The molecule has 1 aromatic heterocycles. The van der Waals surface area contributed by atoms with Crippen LogP contribution in [0.1, 0.15) is 86.6 Å². The maximum Gasteiger partial charge on any atom is 0.347 e. The van der Waals surface area contributed by atoms with Crippen LogP contribution in [0.25, 0.3) is 0 Å². The predicted molar refractivity (Wildman–Crippen MR) is 82.8 cm³/mol. The van der Waals surface area contributed by atoms with Crippen LogP contribution in [0.4, 0.5) is 0 Å². The number of hydrogen-bond donors (Lipinski definition) is 1. The Morgan fingerprint density at radius 3 is 2.25 bits per heavy atom. The third-order valence-corrected chi connectivity index (χ3v) is 5.44. The average molecular weight is 295 g/mol. The number of nitrogens with zero attached hydrogens (tertiary/aromatic N) is 1. The molecular weight excluding hydrogens is 270 g/mol. The summed E-state index contributed by atoms with van der Waals surface area (Å²) in [6.45, 7) is 10.7. The van der Waals surface area contributed by atoms with Crippen molar-refractivity contribution in [3.63, 3.8) is 0 Å². The molecule has 20 heavy (non-hydrogen) atoms. The zero-order valence-electron chi connectivity index (χ0n) is 13.1. The van der Waals surface area contributed by atoms with E-state index in [4.69, 9.17) is 4.98 Å². The van der Waals surface area contributed by atoms with Gasteiger partial charge in [0, 0.05) is 11.3 Å². The first-order valence-corrected chi connectivity index (χ1v) is 8.16. The first-order valence-electron chi connectivity index (χ1n) is 7.35. The van der Waals surface area contributed by atoms with Crippen LogP contribution in [0.3, 0.4) is 0 Å². The van der Waals surface area contributed by atoms with Gasteiger partial charge in [-0.3, -0.25) is 0 Å². The van der Waals surface area contributed by atoms with Gasteiger partial charge in [0.15, 0.2) is 0 Å². The number of rotatable bonds is 2. The second-order valence-electron chi connectivity index (χ2n) is 7.72.